The fraction of sp³-hybridized carbons (Fsp3) is 1.00. The molecule has 2 rings (SSSR count). The second kappa shape index (κ2) is 4.34. The lowest BCUT2D eigenvalue weighted by atomic mass is 9.86. The molecule has 0 aromatic carbocycles. The molecule has 0 aromatic heterocycles. The molecule has 15 heavy (non-hydrogen) atoms. The van der Waals surface area contributed by atoms with Gasteiger partial charge in [-0.05, 0) is 31.7 Å². The van der Waals surface area contributed by atoms with E-state index in [0.717, 1.165) is 32.5 Å². The van der Waals surface area contributed by atoms with Crippen LogP contribution in [0, 0.1) is 5.92 Å². The van der Waals surface area contributed by atoms with Gasteiger partial charge in [0.15, 0.2) is 0 Å². The first-order valence-electron chi connectivity index (χ1n) is 5.91. The summed E-state index contributed by atoms with van der Waals surface area (Å²) in [7, 11) is 0. The Balaban J connectivity index is 1.79. The fourth-order valence-electron chi connectivity index (χ4n) is 2.83. The van der Waals surface area contributed by atoms with Crippen LogP contribution in [0.3, 0.4) is 0 Å². The van der Waals surface area contributed by atoms with Gasteiger partial charge in [0.1, 0.15) is 0 Å². The molecule has 1 saturated heterocycles. The highest BCUT2D eigenvalue weighted by Gasteiger charge is 2.37. The van der Waals surface area contributed by atoms with E-state index in [1.165, 1.54) is 0 Å². The SMILES string of the molecule is N[C@H]1CCN(CC2CCCC(F)(F)C2)C1. The molecule has 0 bridgehead atoms. The smallest absolute Gasteiger partial charge is 0.248 e. The quantitative estimate of drug-likeness (QED) is 0.766. The molecule has 1 saturated carbocycles. The predicted molar refractivity (Wildman–Crippen MR) is 55.9 cm³/mol. The van der Waals surface area contributed by atoms with E-state index >= 15 is 0 Å². The second-order valence-corrected chi connectivity index (χ2v) is 5.13. The minimum Gasteiger partial charge on any atom is -0.326 e. The predicted octanol–water partition coefficient (Wildman–Crippen LogP) is 1.84. The summed E-state index contributed by atoms with van der Waals surface area (Å²) >= 11 is 0. The Morgan fingerprint density at radius 2 is 2.13 bits per heavy atom. The molecule has 0 spiro atoms. The molecule has 4 heteroatoms. The van der Waals surface area contributed by atoms with Crippen molar-refractivity contribution in [3.05, 3.63) is 0 Å². The van der Waals surface area contributed by atoms with Gasteiger partial charge in [0.05, 0.1) is 0 Å². The van der Waals surface area contributed by atoms with Crippen molar-refractivity contribution in [3.8, 4) is 0 Å². The van der Waals surface area contributed by atoms with Crippen molar-refractivity contribution in [2.75, 3.05) is 19.6 Å². The van der Waals surface area contributed by atoms with Gasteiger partial charge in [0.25, 0.3) is 0 Å². The summed E-state index contributed by atoms with van der Waals surface area (Å²) in [4.78, 5) is 2.25. The molecule has 0 radical (unpaired) electrons. The van der Waals surface area contributed by atoms with Crippen LogP contribution in [0.25, 0.3) is 0 Å². The van der Waals surface area contributed by atoms with E-state index in [-0.39, 0.29) is 24.8 Å². The molecule has 2 fully saturated rings. The monoisotopic (exact) mass is 218 g/mol. The lowest BCUT2D eigenvalue weighted by molar-refractivity contribution is -0.0561. The van der Waals surface area contributed by atoms with E-state index in [2.05, 4.69) is 4.90 Å². The van der Waals surface area contributed by atoms with E-state index in [1.54, 1.807) is 0 Å². The zero-order valence-electron chi connectivity index (χ0n) is 9.09. The summed E-state index contributed by atoms with van der Waals surface area (Å²) in [6.45, 7) is 2.70. The molecule has 1 aliphatic heterocycles. The number of rotatable bonds is 2. The Hall–Kier alpha value is -0.220. The van der Waals surface area contributed by atoms with Crippen molar-refractivity contribution in [1.82, 2.24) is 4.90 Å². The van der Waals surface area contributed by atoms with Crippen molar-refractivity contribution in [1.29, 1.82) is 0 Å². The number of hydrogen-bond acceptors (Lipinski definition) is 2. The van der Waals surface area contributed by atoms with Crippen molar-refractivity contribution < 1.29 is 8.78 Å². The van der Waals surface area contributed by atoms with Crippen molar-refractivity contribution in [2.24, 2.45) is 11.7 Å². The highest BCUT2D eigenvalue weighted by molar-refractivity contribution is 4.84. The average molecular weight is 218 g/mol. The van der Waals surface area contributed by atoms with E-state index in [1.807, 2.05) is 0 Å². The normalized spacial score (nSPS) is 37.0. The number of likely N-dealkylation sites (tertiary alicyclic amines) is 1. The van der Waals surface area contributed by atoms with Gasteiger partial charge >= 0.3 is 0 Å². The molecule has 2 nitrogen and oxygen atoms in total. The van der Waals surface area contributed by atoms with Gasteiger partial charge in [-0.2, -0.15) is 0 Å². The zero-order chi connectivity index (χ0) is 10.9. The van der Waals surface area contributed by atoms with Crippen molar-refractivity contribution in [2.45, 2.75) is 44.1 Å². The molecule has 1 aliphatic carbocycles. The molecular formula is C11H20F2N2. The maximum absolute atomic E-state index is 13.2. The van der Waals surface area contributed by atoms with E-state index in [0.29, 0.717) is 6.42 Å². The third-order valence-corrected chi connectivity index (χ3v) is 3.57. The molecule has 0 aromatic rings. The van der Waals surface area contributed by atoms with Crippen LogP contribution < -0.4 is 5.73 Å². The summed E-state index contributed by atoms with van der Waals surface area (Å²) < 4.78 is 26.3. The first-order chi connectivity index (χ1) is 7.05. The topological polar surface area (TPSA) is 29.3 Å². The van der Waals surface area contributed by atoms with Crippen LogP contribution in [0.4, 0.5) is 8.78 Å². The summed E-state index contributed by atoms with van der Waals surface area (Å²) in [6.07, 6.45) is 2.82. The summed E-state index contributed by atoms with van der Waals surface area (Å²) in [5.41, 5.74) is 5.79. The van der Waals surface area contributed by atoms with Crippen LogP contribution in [-0.4, -0.2) is 36.5 Å². The summed E-state index contributed by atoms with van der Waals surface area (Å²) in [5, 5.41) is 0. The number of nitrogens with two attached hydrogens (primary N) is 1. The lowest BCUT2D eigenvalue weighted by Crippen LogP contribution is -2.35. The number of nitrogens with zero attached hydrogens (tertiary/aromatic N) is 1. The Morgan fingerprint density at radius 1 is 1.33 bits per heavy atom. The maximum atomic E-state index is 13.2. The van der Waals surface area contributed by atoms with Gasteiger partial charge in [-0.15, -0.1) is 0 Å². The summed E-state index contributed by atoms with van der Waals surface area (Å²) in [6, 6.07) is 0.258. The van der Waals surface area contributed by atoms with Gasteiger partial charge in [-0.3, -0.25) is 0 Å². The van der Waals surface area contributed by atoms with Crippen LogP contribution in [0.1, 0.15) is 32.1 Å². The highest BCUT2D eigenvalue weighted by Crippen LogP contribution is 2.37. The molecule has 2 aliphatic rings. The lowest BCUT2D eigenvalue weighted by Gasteiger charge is -2.31. The highest BCUT2D eigenvalue weighted by atomic mass is 19.3. The molecule has 0 amide bonds. The van der Waals surface area contributed by atoms with E-state index in [4.69, 9.17) is 5.73 Å². The van der Waals surface area contributed by atoms with Gasteiger partial charge in [0, 0.05) is 32.0 Å². The zero-order valence-corrected chi connectivity index (χ0v) is 9.09. The fourth-order valence-corrected chi connectivity index (χ4v) is 2.83. The average Bonchev–Trinajstić information content (AvgIpc) is 2.49. The Morgan fingerprint density at radius 3 is 2.73 bits per heavy atom. The van der Waals surface area contributed by atoms with Crippen LogP contribution in [0.15, 0.2) is 0 Å². The number of alkyl halides is 2. The standard InChI is InChI=1S/C11H20F2N2/c12-11(13)4-1-2-9(6-11)7-15-5-3-10(14)8-15/h9-10H,1-8,14H2/t9?,10-/m0/s1. The van der Waals surface area contributed by atoms with Gasteiger partial charge in [-0.1, -0.05) is 0 Å². The molecule has 88 valence electrons. The second-order valence-electron chi connectivity index (χ2n) is 5.13. The maximum Gasteiger partial charge on any atom is 0.248 e. The van der Waals surface area contributed by atoms with Crippen LogP contribution >= 0.6 is 0 Å². The van der Waals surface area contributed by atoms with Crippen molar-refractivity contribution in [3.63, 3.8) is 0 Å². The minimum atomic E-state index is -2.41. The first kappa shape index (κ1) is 11.3. The number of hydrogen-bond donors (Lipinski definition) is 1. The Labute approximate surface area is 89.8 Å². The van der Waals surface area contributed by atoms with E-state index < -0.39 is 5.92 Å². The molecule has 2 atom stereocenters. The van der Waals surface area contributed by atoms with E-state index in [9.17, 15) is 8.78 Å². The Kier molecular flexibility index (Phi) is 3.26. The number of halogens is 2. The Bertz CT molecular complexity index is 221. The van der Waals surface area contributed by atoms with Crippen LogP contribution in [0.5, 0.6) is 0 Å². The third kappa shape index (κ3) is 3.11. The van der Waals surface area contributed by atoms with Crippen molar-refractivity contribution >= 4 is 0 Å². The summed E-state index contributed by atoms with van der Waals surface area (Å²) in [5.74, 6) is -2.23. The first-order valence-corrected chi connectivity index (χ1v) is 5.91. The molecule has 1 unspecified atom stereocenters. The van der Waals surface area contributed by atoms with Gasteiger partial charge < -0.3 is 10.6 Å². The van der Waals surface area contributed by atoms with Gasteiger partial charge in [0.2, 0.25) is 5.92 Å². The molecule has 1 heterocycles. The van der Waals surface area contributed by atoms with Crippen LogP contribution in [-0.2, 0) is 0 Å². The molecule has 2 N–H and O–H groups in total. The van der Waals surface area contributed by atoms with Gasteiger partial charge in [-0.25, -0.2) is 8.78 Å². The third-order valence-electron chi connectivity index (χ3n) is 3.57. The largest absolute Gasteiger partial charge is 0.326 e. The minimum absolute atomic E-state index is 0.0821. The molecular weight excluding hydrogens is 198 g/mol. The van der Waals surface area contributed by atoms with Crippen LogP contribution in [0.2, 0.25) is 0 Å².